The maximum atomic E-state index is 9.41. The third-order valence-corrected chi connectivity index (χ3v) is 3.60. The number of aromatic nitrogens is 3. The first kappa shape index (κ1) is 13.6. The maximum absolute atomic E-state index is 9.41. The molecule has 0 atom stereocenters. The molecule has 2 aromatic heterocycles. The van der Waals surface area contributed by atoms with E-state index in [0.717, 1.165) is 22.4 Å². The molecule has 0 unspecified atom stereocenters. The third-order valence-electron chi connectivity index (χ3n) is 3.60. The molecule has 3 rings (SSSR count). The van der Waals surface area contributed by atoms with Crippen LogP contribution in [0.15, 0.2) is 42.7 Å². The summed E-state index contributed by atoms with van der Waals surface area (Å²) in [5, 5.41) is 11.6. The molecule has 21 heavy (non-hydrogen) atoms. The topological polar surface area (TPSA) is 54.2 Å². The van der Waals surface area contributed by atoms with Crippen LogP contribution in [0.1, 0.15) is 11.5 Å². The van der Waals surface area contributed by atoms with Gasteiger partial charge in [-0.15, -0.1) is 0 Å². The lowest BCUT2D eigenvalue weighted by molar-refractivity contribution is 0.277. The highest BCUT2D eigenvalue weighted by Crippen LogP contribution is 2.26. The Labute approximate surface area is 123 Å². The summed E-state index contributed by atoms with van der Waals surface area (Å²) in [6, 6.07) is 10.0. The van der Waals surface area contributed by atoms with Gasteiger partial charge in [0.2, 0.25) is 0 Å². The van der Waals surface area contributed by atoms with Gasteiger partial charge in [-0.1, -0.05) is 24.3 Å². The minimum Gasteiger partial charge on any atom is -0.390 e. The van der Waals surface area contributed by atoms with Gasteiger partial charge in [0.1, 0.15) is 11.6 Å². The number of anilines is 1. The molecule has 5 nitrogen and oxygen atoms in total. The van der Waals surface area contributed by atoms with E-state index in [1.807, 2.05) is 55.2 Å². The molecule has 1 N–H and O–H groups in total. The van der Waals surface area contributed by atoms with E-state index < -0.39 is 0 Å². The largest absolute Gasteiger partial charge is 0.390 e. The van der Waals surface area contributed by atoms with Gasteiger partial charge in [-0.2, -0.15) is 0 Å². The molecule has 5 heteroatoms. The number of hydrogen-bond donors (Lipinski definition) is 1. The van der Waals surface area contributed by atoms with Gasteiger partial charge in [-0.05, 0) is 11.5 Å². The van der Waals surface area contributed by atoms with Crippen LogP contribution >= 0.6 is 0 Å². The van der Waals surface area contributed by atoms with Crippen LogP contribution < -0.4 is 4.90 Å². The highest BCUT2D eigenvalue weighted by molar-refractivity contribution is 5.92. The standard InChI is InChI=1S/C16H18N4O/c1-19-8-7-17-15(19)10-20(2)16-14-6-4-3-5-12(14)9-13(11-21)18-16/h3-9,21H,10-11H2,1-2H3. The van der Waals surface area contributed by atoms with Crippen molar-refractivity contribution in [3.63, 3.8) is 0 Å². The van der Waals surface area contributed by atoms with Crippen molar-refractivity contribution in [3.05, 3.63) is 54.2 Å². The smallest absolute Gasteiger partial charge is 0.136 e. The van der Waals surface area contributed by atoms with Crippen molar-refractivity contribution in [2.24, 2.45) is 7.05 Å². The summed E-state index contributed by atoms with van der Waals surface area (Å²) < 4.78 is 1.99. The summed E-state index contributed by atoms with van der Waals surface area (Å²) in [4.78, 5) is 11.0. The van der Waals surface area contributed by atoms with Crippen molar-refractivity contribution in [2.45, 2.75) is 13.2 Å². The van der Waals surface area contributed by atoms with Gasteiger partial charge in [0.25, 0.3) is 0 Å². The molecule has 108 valence electrons. The zero-order valence-corrected chi connectivity index (χ0v) is 12.2. The van der Waals surface area contributed by atoms with Crippen LogP contribution in [0.4, 0.5) is 5.82 Å². The first-order chi connectivity index (χ1) is 10.2. The number of aryl methyl sites for hydroxylation is 1. The Morgan fingerprint density at radius 3 is 2.81 bits per heavy atom. The van der Waals surface area contributed by atoms with Crippen LogP contribution in [0.3, 0.4) is 0 Å². The molecular formula is C16H18N4O. The molecule has 3 aromatic rings. The van der Waals surface area contributed by atoms with Gasteiger partial charge in [0.05, 0.1) is 18.8 Å². The second-order valence-corrected chi connectivity index (χ2v) is 5.13. The lowest BCUT2D eigenvalue weighted by atomic mass is 10.1. The molecule has 0 radical (unpaired) electrons. The van der Waals surface area contributed by atoms with E-state index in [2.05, 4.69) is 14.9 Å². The summed E-state index contributed by atoms with van der Waals surface area (Å²) in [5.74, 6) is 1.83. The van der Waals surface area contributed by atoms with Crippen molar-refractivity contribution < 1.29 is 5.11 Å². The number of aliphatic hydroxyl groups is 1. The zero-order valence-electron chi connectivity index (χ0n) is 12.2. The average Bonchev–Trinajstić information content (AvgIpc) is 2.91. The van der Waals surface area contributed by atoms with Crippen molar-refractivity contribution in [1.82, 2.24) is 14.5 Å². The molecular weight excluding hydrogens is 264 g/mol. The summed E-state index contributed by atoms with van der Waals surface area (Å²) in [6.07, 6.45) is 3.72. The van der Waals surface area contributed by atoms with Crippen LogP contribution in [-0.2, 0) is 20.2 Å². The number of fused-ring (bicyclic) bond motifs is 1. The number of imidazole rings is 1. The number of benzene rings is 1. The van der Waals surface area contributed by atoms with Gasteiger partial charge in [-0.3, -0.25) is 0 Å². The predicted molar refractivity (Wildman–Crippen MR) is 83.0 cm³/mol. The highest BCUT2D eigenvalue weighted by atomic mass is 16.3. The predicted octanol–water partition coefficient (Wildman–Crippen LogP) is 2.10. The fourth-order valence-corrected chi connectivity index (χ4v) is 2.44. The number of nitrogens with zero attached hydrogens (tertiary/aromatic N) is 4. The van der Waals surface area contributed by atoms with Crippen LogP contribution in [0, 0.1) is 0 Å². The Hall–Kier alpha value is -2.40. The van der Waals surface area contributed by atoms with E-state index in [1.165, 1.54) is 0 Å². The third kappa shape index (κ3) is 2.60. The molecule has 1 aromatic carbocycles. The van der Waals surface area contributed by atoms with E-state index in [4.69, 9.17) is 0 Å². The summed E-state index contributed by atoms with van der Waals surface area (Å²) in [5.41, 5.74) is 0.676. The minimum atomic E-state index is -0.0614. The highest BCUT2D eigenvalue weighted by Gasteiger charge is 2.12. The van der Waals surface area contributed by atoms with Crippen molar-refractivity contribution >= 4 is 16.6 Å². The number of hydrogen-bond acceptors (Lipinski definition) is 4. The van der Waals surface area contributed by atoms with E-state index in [1.54, 1.807) is 6.20 Å². The molecule has 0 fully saturated rings. The first-order valence-electron chi connectivity index (χ1n) is 6.86. The molecule has 0 spiro atoms. The van der Waals surface area contributed by atoms with Crippen molar-refractivity contribution in [3.8, 4) is 0 Å². The van der Waals surface area contributed by atoms with Gasteiger partial charge < -0.3 is 14.6 Å². The monoisotopic (exact) mass is 282 g/mol. The lowest BCUT2D eigenvalue weighted by Crippen LogP contribution is -2.20. The summed E-state index contributed by atoms with van der Waals surface area (Å²) >= 11 is 0. The Kier molecular flexibility index (Phi) is 3.58. The SMILES string of the molecule is CN(Cc1nccn1C)c1nc(CO)cc2ccccc12. The van der Waals surface area contributed by atoms with Crippen LogP contribution in [0.5, 0.6) is 0 Å². The van der Waals surface area contributed by atoms with Crippen LogP contribution in [-0.4, -0.2) is 26.7 Å². The molecule has 0 bridgehead atoms. The van der Waals surface area contributed by atoms with E-state index in [9.17, 15) is 5.11 Å². The molecule has 0 aliphatic carbocycles. The molecule has 0 amide bonds. The van der Waals surface area contributed by atoms with Crippen LogP contribution in [0.25, 0.3) is 10.8 Å². The molecule has 2 heterocycles. The van der Waals surface area contributed by atoms with Gasteiger partial charge in [-0.25, -0.2) is 9.97 Å². The van der Waals surface area contributed by atoms with Gasteiger partial charge in [0.15, 0.2) is 0 Å². The quantitative estimate of drug-likeness (QED) is 0.796. The normalized spacial score (nSPS) is 11.0. The molecule has 0 saturated heterocycles. The Morgan fingerprint density at radius 1 is 1.29 bits per heavy atom. The fraction of sp³-hybridized carbons (Fsp3) is 0.250. The summed E-state index contributed by atoms with van der Waals surface area (Å²) in [7, 11) is 3.97. The first-order valence-corrected chi connectivity index (χ1v) is 6.86. The second-order valence-electron chi connectivity index (χ2n) is 5.13. The average molecular weight is 282 g/mol. The van der Waals surface area contributed by atoms with Crippen molar-refractivity contribution in [2.75, 3.05) is 11.9 Å². The summed E-state index contributed by atoms with van der Waals surface area (Å²) in [6.45, 7) is 0.601. The molecule has 0 aliphatic rings. The Balaban J connectivity index is 2.04. The van der Waals surface area contributed by atoms with E-state index >= 15 is 0 Å². The van der Waals surface area contributed by atoms with E-state index in [0.29, 0.717) is 12.2 Å². The maximum Gasteiger partial charge on any atom is 0.136 e. The minimum absolute atomic E-state index is 0.0614. The molecule has 0 aliphatic heterocycles. The van der Waals surface area contributed by atoms with E-state index in [-0.39, 0.29) is 6.61 Å². The van der Waals surface area contributed by atoms with Crippen LogP contribution in [0.2, 0.25) is 0 Å². The number of aliphatic hydroxyl groups excluding tert-OH is 1. The van der Waals surface area contributed by atoms with Gasteiger partial charge >= 0.3 is 0 Å². The molecule has 0 saturated carbocycles. The Morgan fingerprint density at radius 2 is 2.10 bits per heavy atom. The lowest BCUT2D eigenvalue weighted by Gasteiger charge is -2.20. The number of rotatable bonds is 4. The van der Waals surface area contributed by atoms with Gasteiger partial charge in [0, 0.05) is 31.9 Å². The second kappa shape index (κ2) is 5.54. The number of pyridine rings is 1. The zero-order chi connectivity index (χ0) is 14.8. The Bertz CT molecular complexity index is 766. The van der Waals surface area contributed by atoms with Crippen molar-refractivity contribution in [1.29, 1.82) is 0 Å². The fourth-order valence-electron chi connectivity index (χ4n) is 2.44.